The minimum atomic E-state index is -3.74. The number of hydrogen-bond acceptors (Lipinski definition) is 6. The van der Waals surface area contributed by atoms with E-state index in [0.29, 0.717) is 0 Å². The highest BCUT2D eigenvalue weighted by Gasteiger charge is 2.18. The molecule has 0 saturated heterocycles. The van der Waals surface area contributed by atoms with Crippen LogP contribution in [-0.4, -0.2) is 23.4 Å². The van der Waals surface area contributed by atoms with Crippen LogP contribution in [0.25, 0.3) is 0 Å². The molecule has 0 fully saturated rings. The summed E-state index contributed by atoms with van der Waals surface area (Å²) in [6, 6.07) is 1.29. The summed E-state index contributed by atoms with van der Waals surface area (Å²) in [5, 5.41) is 0.139. The largest absolute Gasteiger partial charge is 0.274 e. The third-order valence-electron chi connectivity index (χ3n) is 1.59. The monoisotopic (exact) mass is 310 g/mol. The fourth-order valence-corrected chi connectivity index (χ4v) is 3.38. The zero-order valence-electron chi connectivity index (χ0n) is 7.96. The molecule has 1 N–H and O–H groups in total. The Balaban J connectivity index is 2.29. The van der Waals surface area contributed by atoms with E-state index in [-0.39, 0.29) is 19.6 Å². The Bertz CT molecular complexity index is 643. The highest BCUT2D eigenvalue weighted by Crippen LogP contribution is 2.24. The lowest BCUT2D eigenvalue weighted by Crippen LogP contribution is -2.12. The molecule has 0 aliphatic heterocycles. The molecule has 0 radical (unpaired) electrons. The molecule has 90 valence electrons. The van der Waals surface area contributed by atoms with E-state index in [0.717, 1.165) is 23.9 Å². The van der Waals surface area contributed by atoms with Crippen LogP contribution >= 0.6 is 34.5 Å². The van der Waals surface area contributed by atoms with Gasteiger partial charge in [-0.2, -0.15) is 0 Å². The summed E-state index contributed by atoms with van der Waals surface area (Å²) in [7, 11) is -3.74. The minimum Gasteiger partial charge on any atom is -0.262 e. The van der Waals surface area contributed by atoms with Crippen LogP contribution in [-0.2, 0) is 10.0 Å². The third-order valence-corrected chi connectivity index (χ3v) is 4.73. The second-order valence-corrected chi connectivity index (χ2v) is 6.67. The van der Waals surface area contributed by atoms with Gasteiger partial charge in [0.1, 0.15) is 17.3 Å². The number of aromatic nitrogens is 3. The first-order valence-corrected chi connectivity index (χ1v) is 7.14. The Kier molecular flexibility index (Phi) is 3.48. The zero-order chi connectivity index (χ0) is 12.5. The molecule has 2 aromatic rings. The van der Waals surface area contributed by atoms with E-state index in [1.54, 1.807) is 0 Å². The summed E-state index contributed by atoms with van der Waals surface area (Å²) in [6.07, 6.45) is 2.32. The number of sulfonamides is 1. The lowest BCUT2D eigenvalue weighted by atomic mass is 10.6. The van der Waals surface area contributed by atoms with E-state index in [9.17, 15) is 8.42 Å². The first-order valence-electron chi connectivity index (χ1n) is 4.09. The Morgan fingerprint density at radius 1 is 1.24 bits per heavy atom. The first kappa shape index (κ1) is 12.5. The molecule has 0 amide bonds. The predicted molar refractivity (Wildman–Crippen MR) is 65.0 cm³/mol. The second-order valence-electron chi connectivity index (χ2n) is 2.76. The summed E-state index contributed by atoms with van der Waals surface area (Å²) in [6.45, 7) is 0. The van der Waals surface area contributed by atoms with Crippen molar-refractivity contribution in [2.24, 2.45) is 0 Å². The molecule has 17 heavy (non-hydrogen) atoms. The minimum absolute atomic E-state index is 0.00256. The van der Waals surface area contributed by atoms with Crippen LogP contribution < -0.4 is 4.72 Å². The Labute approximate surface area is 111 Å². The van der Waals surface area contributed by atoms with Crippen LogP contribution in [0.3, 0.4) is 0 Å². The molecule has 6 nitrogen and oxygen atoms in total. The van der Waals surface area contributed by atoms with Crippen LogP contribution in [0, 0.1) is 0 Å². The molecule has 0 aliphatic carbocycles. The summed E-state index contributed by atoms with van der Waals surface area (Å²) in [5.41, 5.74) is 0. The maximum absolute atomic E-state index is 11.8. The van der Waals surface area contributed by atoms with Crippen LogP contribution in [0.15, 0.2) is 22.8 Å². The van der Waals surface area contributed by atoms with Crippen molar-refractivity contribution < 1.29 is 8.42 Å². The SMILES string of the molecule is O=S(=O)(Nc1cc(Cl)ncn1)c1cnc(Cl)s1. The number of nitrogens with one attached hydrogen (secondary N) is 1. The van der Waals surface area contributed by atoms with Gasteiger partial charge in [0, 0.05) is 6.07 Å². The average Bonchev–Trinajstić information content (AvgIpc) is 2.65. The van der Waals surface area contributed by atoms with E-state index in [1.807, 2.05) is 0 Å². The number of hydrogen-bond donors (Lipinski definition) is 1. The lowest BCUT2D eigenvalue weighted by Gasteiger charge is -2.03. The van der Waals surface area contributed by atoms with Crippen molar-refractivity contribution in [3.63, 3.8) is 0 Å². The molecule has 2 rings (SSSR count). The second kappa shape index (κ2) is 4.73. The fraction of sp³-hybridized carbons (Fsp3) is 0. The van der Waals surface area contributed by atoms with E-state index >= 15 is 0 Å². The lowest BCUT2D eigenvalue weighted by molar-refractivity contribution is 0.603. The highest BCUT2D eigenvalue weighted by atomic mass is 35.5. The van der Waals surface area contributed by atoms with Gasteiger partial charge in [0.25, 0.3) is 10.0 Å². The number of anilines is 1. The van der Waals surface area contributed by atoms with Crippen molar-refractivity contribution in [3.05, 3.63) is 28.2 Å². The molecule has 0 aromatic carbocycles. The van der Waals surface area contributed by atoms with Gasteiger partial charge in [-0.15, -0.1) is 0 Å². The van der Waals surface area contributed by atoms with Crippen LogP contribution in [0.2, 0.25) is 9.62 Å². The molecular formula is C7H4Cl2N4O2S2. The van der Waals surface area contributed by atoms with Gasteiger partial charge in [-0.3, -0.25) is 4.72 Å². The molecule has 0 atom stereocenters. The standard InChI is InChI=1S/C7H4Cl2N4O2S2/c8-4-1-5(12-3-11-4)13-17(14,15)6-2-10-7(9)16-6/h1-3H,(H,11,12,13). The van der Waals surface area contributed by atoms with E-state index in [4.69, 9.17) is 23.2 Å². The summed E-state index contributed by atoms with van der Waals surface area (Å²) in [5.74, 6) is 0.0783. The molecule has 0 saturated carbocycles. The van der Waals surface area contributed by atoms with Crippen molar-refractivity contribution >= 4 is 50.4 Å². The van der Waals surface area contributed by atoms with Crippen molar-refractivity contribution in [2.75, 3.05) is 4.72 Å². The normalized spacial score (nSPS) is 11.4. The Hall–Kier alpha value is -0.960. The van der Waals surface area contributed by atoms with Gasteiger partial charge >= 0.3 is 0 Å². The van der Waals surface area contributed by atoms with Gasteiger partial charge in [-0.05, 0) is 0 Å². The van der Waals surface area contributed by atoms with Gasteiger partial charge < -0.3 is 0 Å². The van der Waals surface area contributed by atoms with Crippen molar-refractivity contribution in [3.8, 4) is 0 Å². The Morgan fingerprint density at radius 3 is 2.59 bits per heavy atom. The zero-order valence-corrected chi connectivity index (χ0v) is 11.1. The maximum atomic E-state index is 11.8. The summed E-state index contributed by atoms with van der Waals surface area (Å²) >= 11 is 12.0. The molecule has 2 heterocycles. The van der Waals surface area contributed by atoms with Gasteiger partial charge in [0.05, 0.1) is 6.20 Å². The van der Waals surface area contributed by atoms with E-state index in [1.165, 1.54) is 6.07 Å². The van der Waals surface area contributed by atoms with Gasteiger partial charge in [0.15, 0.2) is 8.68 Å². The van der Waals surface area contributed by atoms with Gasteiger partial charge in [0.2, 0.25) is 0 Å². The van der Waals surface area contributed by atoms with Crippen LogP contribution in [0.5, 0.6) is 0 Å². The highest BCUT2D eigenvalue weighted by molar-refractivity contribution is 7.94. The molecule has 10 heteroatoms. The van der Waals surface area contributed by atoms with Gasteiger partial charge in [-0.25, -0.2) is 23.4 Å². The van der Waals surface area contributed by atoms with Crippen LogP contribution in [0.4, 0.5) is 5.82 Å². The van der Waals surface area contributed by atoms with E-state index in [2.05, 4.69) is 19.7 Å². The summed E-state index contributed by atoms with van der Waals surface area (Å²) in [4.78, 5) is 11.0. The maximum Gasteiger partial charge on any atom is 0.274 e. The fourth-order valence-electron chi connectivity index (χ4n) is 0.941. The molecule has 0 spiro atoms. The topological polar surface area (TPSA) is 84.8 Å². The molecule has 0 aliphatic rings. The summed E-state index contributed by atoms with van der Waals surface area (Å²) < 4.78 is 26.0. The van der Waals surface area contributed by atoms with Crippen LogP contribution in [0.1, 0.15) is 0 Å². The number of nitrogens with zero attached hydrogens (tertiary/aromatic N) is 3. The van der Waals surface area contributed by atoms with Crippen molar-refractivity contribution in [1.29, 1.82) is 0 Å². The first-order chi connectivity index (χ1) is 7.97. The Morgan fingerprint density at radius 2 is 2.00 bits per heavy atom. The van der Waals surface area contributed by atoms with E-state index < -0.39 is 10.0 Å². The number of halogens is 2. The predicted octanol–water partition coefficient (Wildman–Crippen LogP) is 2.04. The molecule has 0 unspecified atom stereocenters. The molecular weight excluding hydrogens is 307 g/mol. The molecule has 2 aromatic heterocycles. The number of thiazole rings is 1. The molecule has 0 bridgehead atoms. The number of rotatable bonds is 3. The van der Waals surface area contributed by atoms with Crippen molar-refractivity contribution in [1.82, 2.24) is 15.0 Å². The smallest absolute Gasteiger partial charge is 0.262 e. The quantitative estimate of drug-likeness (QED) is 0.877. The third kappa shape index (κ3) is 3.03. The van der Waals surface area contributed by atoms with Gasteiger partial charge in [-0.1, -0.05) is 34.5 Å². The average molecular weight is 311 g/mol. The van der Waals surface area contributed by atoms with Crippen molar-refractivity contribution in [2.45, 2.75) is 4.21 Å².